The zero-order valence-electron chi connectivity index (χ0n) is 13.3. The second kappa shape index (κ2) is 6.92. The SMILES string of the molecule is O=[N+]([O-])c1cc(-c2nc(C(F)(F)Sc3ccc(F)c(O)c3)no2)cc(O)c1O. The smallest absolute Gasteiger partial charge is 0.360 e. The molecule has 0 fully saturated rings. The van der Waals surface area contributed by atoms with Crippen LogP contribution in [0.25, 0.3) is 11.5 Å². The molecule has 0 aliphatic heterocycles. The lowest BCUT2D eigenvalue weighted by molar-refractivity contribution is -0.385. The summed E-state index contributed by atoms with van der Waals surface area (Å²) in [5, 5.41) is 38.5. The van der Waals surface area contributed by atoms with Crippen LogP contribution in [0.15, 0.2) is 39.8 Å². The van der Waals surface area contributed by atoms with Gasteiger partial charge >= 0.3 is 10.9 Å². The van der Waals surface area contributed by atoms with Crippen LogP contribution in [0.5, 0.6) is 17.2 Å². The van der Waals surface area contributed by atoms with Crippen LogP contribution in [0.3, 0.4) is 0 Å². The molecule has 9 nitrogen and oxygen atoms in total. The highest BCUT2D eigenvalue weighted by Gasteiger charge is 2.39. The molecule has 2 aromatic carbocycles. The average molecular weight is 415 g/mol. The molecule has 0 bridgehead atoms. The minimum absolute atomic E-state index is 0.0986. The van der Waals surface area contributed by atoms with E-state index in [2.05, 4.69) is 14.7 Å². The van der Waals surface area contributed by atoms with Gasteiger partial charge in [0.2, 0.25) is 5.75 Å². The number of hydrogen-bond donors (Lipinski definition) is 3. The molecule has 1 heterocycles. The molecular weight excluding hydrogens is 407 g/mol. The van der Waals surface area contributed by atoms with Gasteiger partial charge in [0.05, 0.1) is 10.5 Å². The van der Waals surface area contributed by atoms with Crippen molar-refractivity contribution in [2.45, 2.75) is 10.2 Å². The first-order valence-corrected chi connectivity index (χ1v) is 8.00. The minimum atomic E-state index is -3.77. The van der Waals surface area contributed by atoms with Gasteiger partial charge in [-0.25, -0.2) is 4.39 Å². The van der Waals surface area contributed by atoms with E-state index < -0.39 is 50.6 Å². The molecule has 0 radical (unpaired) electrons. The molecule has 28 heavy (non-hydrogen) atoms. The first-order valence-electron chi connectivity index (χ1n) is 7.19. The van der Waals surface area contributed by atoms with Crippen molar-refractivity contribution in [2.24, 2.45) is 0 Å². The van der Waals surface area contributed by atoms with E-state index in [4.69, 9.17) is 0 Å². The molecule has 0 aliphatic rings. The number of nitro groups is 1. The standard InChI is InChI=1S/C15H8F3N3O6S/c16-8-2-1-7(5-10(8)22)28-15(17,18)14-19-13(27-20-14)6-3-9(21(25)26)12(24)11(23)4-6/h1-5,22-24H. The molecular formula is C15H8F3N3O6S. The summed E-state index contributed by atoms with van der Waals surface area (Å²) in [5.74, 6) is -5.37. The predicted molar refractivity (Wildman–Crippen MR) is 87.5 cm³/mol. The molecule has 3 N–H and O–H groups in total. The molecule has 13 heteroatoms. The fourth-order valence-corrected chi connectivity index (χ4v) is 2.85. The van der Waals surface area contributed by atoms with E-state index in [9.17, 15) is 38.6 Å². The lowest BCUT2D eigenvalue weighted by Gasteiger charge is -2.11. The monoisotopic (exact) mass is 415 g/mol. The van der Waals surface area contributed by atoms with E-state index in [1.165, 1.54) is 0 Å². The molecule has 0 unspecified atom stereocenters. The lowest BCUT2D eigenvalue weighted by Crippen LogP contribution is -2.10. The van der Waals surface area contributed by atoms with Gasteiger partial charge in [0.1, 0.15) is 0 Å². The highest BCUT2D eigenvalue weighted by atomic mass is 32.2. The molecule has 146 valence electrons. The Kier molecular flexibility index (Phi) is 4.77. The van der Waals surface area contributed by atoms with Crippen LogP contribution in [-0.4, -0.2) is 30.4 Å². The van der Waals surface area contributed by atoms with Crippen molar-refractivity contribution in [3.05, 3.63) is 52.1 Å². The van der Waals surface area contributed by atoms with Crippen LogP contribution in [0.1, 0.15) is 5.82 Å². The topological polar surface area (TPSA) is 143 Å². The molecule has 1 aromatic heterocycles. The van der Waals surface area contributed by atoms with Gasteiger partial charge in [-0.05, 0) is 36.0 Å². The average Bonchev–Trinajstić information content (AvgIpc) is 3.11. The largest absolute Gasteiger partial charge is 0.505 e. The first-order chi connectivity index (χ1) is 13.1. The predicted octanol–water partition coefficient (Wildman–Crippen LogP) is 3.74. The third-order valence-electron chi connectivity index (χ3n) is 3.36. The Morgan fingerprint density at radius 3 is 2.50 bits per heavy atom. The van der Waals surface area contributed by atoms with Gasteiger partial charge in [0, 0.05) is 11.0 Å². The second-order valence-corrected chi connectivity index (χ2v) is 6.46. The number of aromatic hydroxyl groups is 3. The van der Waals surface area contributed by atoms with Crippen LogP contribution in [0, 0.1) is 15.9 Å². The van der Waals surface area contributed by atoms with Crippen molar-refractivity contribution in [1.82, 2.24) is 10.1 Å². The number of rotatable bonds is 5. The van der Waals surface area contributed by atoms with Crippen LogP contribution in [0.2, 0.25) is 0 Å². The fraction of sp³-hybridized carbons (Fsp3) is 0.0667. The maximum absolute atomic E-state index is 14.4. The van der Waals surface area contributed by atoms with Gasteiger partial charge in [0.25, 0.3) is 11.7 Å². The molecule has 3 aromatic rings. The Morgan fingerprint density at radius 1 is 1.14 bits per heavy atom. The fourth-order valence-electron chi connectivity index (χ4n) is 2.08. The summed E-state index contributed by atoms with van der Waals surface area (Å²) in [4.78, 5) is 13.1. The number of benzene rings is 2. The quantitative estimate of drug-likeness (QED) is 0.246. The van der Waals surface area contributed by atoms with E-state index in [1.54, 1.807) is 0 Å². The number of halogens is 3. The molecule has 0 amide bonds. The normalized spacial score (nSPS) is 11.5. The number of phenols is 3. The zero-order valence-corrected chi connectivity index (χ0v) is 14.2. The number of phenolic OH excluding ortho intramolecular Hbond substituents is 3. The van der Waals surface area contributed by atoms with Gasteiger partial charge in [0.15, 0.2) is 17.3 Å². The van der Waals surface area contributed by atoms with Crippen LogP contribution in [0.4, 0.5) is 18.9 Å². The number of hydrogen-bond acceptors (Lipinski definition) is 9. The molecule has 0 saturated heterocycles. The third kappa shape index (κ3) is 3.64. The molecule has 0 atom stereocenters. The Hall–Kier alpha value is -3.48. The number of thioether (sulfide) groups is 1. The number of aromatic nitrogens is 2. The van der Waals surface area contributed by atoms with Gasteiger partial charge in [-0.15, -0.1) is 0 Å². The summed E-state index contributed by atoms with van der Waals surface area (Å²) in [6.07, 6.45) is 0. The molecule has 3 rings (SSSR count). The Bertz CT molecular complexity index is 1080. The summed E-state index contributed by atoms with van der Waals surface area (Å²) < 4.78 is 46.4. The van der Waals surface area contributed by atoms with E-state index in [0.29, 0.717) is 0 Å². The highest BCUT2D eigenvalue weighted by Crippen LogP contribution is 2.45. The van der Waals surface area contributed by atoms with E-state index in [0.717, 1.165) is 30.3 Å². The van der Waals surface area contributed by atoms with Crippen LogP contribution in [-0.2, 0) is 5.25 Å². The van der Waals surface area contributed by atoms with Gasteiger partial charge in [-0.1, -0.05) is 5.16 Å². The Morgan fingerprint density at radius 2 is 1.86 bits per heavy atom. The number of nitro benzene ring substituents is 1. The molecule has 0 aliphatic carbocycles. The number of alkyl halides is 2. The summed E-state index contributed by atoms with van der Waals surface area (Å²) in [7, 11) is 0. The van der Waals surface area contributed by atoms with Crippen molar-refractivity contribution in [2.75, 3.05) is 0 Å². The Labute approximate surface area is 157 Å². The van der Waals surface area contributed by atoms with Crippen molar-refractivity contribution in [3.63, 3.8) is 0 Å². The first kappa shape index (κ1) is 19.3. The molecule has 0 spiro atoms. The molecule has 0 saturated carbocycles. The van der Waals surface area contributed by atoms with Crippen molar-refractivity contribution in [1.29, 1.82) is 0 Å². The zero-order chi connectivity index (χ0) is 20.6. The van der Waals surface area contributed by atoms with E-state index >= 15 is 0 Å². The van der Waals surface area contributed by atoms with Gasteiger partial charge in [-0.2, -0.15) is 13.8 Å². The van der Waals surface area contributed by atoms with Gasteiger partial charge < -0.3 is 19.8 Å². The summed E-state index contributed by atoms with van der Waals surface area (Å²) in [6.45, 7) is 0. The van der Waals surface area contributed by atoms with Gasteiger partial charge in [-0.3, -0.25) is 10.1 Å². The van der Waals surface area contributed by atoms with Crippen LogP contribution >= 0.6 is 11.8 Å². The summed E-state index contributed by atoms with van der Waals surface area (Å²) in [5.41, 5.74) is -1.17. The van der Waals surface area contributed by atoms with E-state index in [-0.39, 0.29) is 22.2 Å². The second-order valence-electron chi connectivity index (χ2n) is 5.28. The summed E-state index contributed by atoms with van der Waals surface area (Å²) >= 11 is -0.0986. The summed E-state index contributed by atoms with van der Waals surface area (Å²) in [6, 6.07) is 4.18. The maximum Gasteiger partial charge on any atom is 0.360 e. The highest BCUT2D eigenvalue weighted by molar-refractivity contribution is 8.00. The third-order valence-corrected chi connectivity index (χ3v) is 4.29. The maximum atomic E-state index is 14.4. The van der Waals surface area contributed by atoms with Crippen LogP contribution < -0.4 is 0 Å². The lowest BCUT2D eigenvalue weighted by atomic mass is 10.1. The number of nitrogens with zero attached hydrogens (tertiary/aromatic N) is 3. The van der Waals surface area contributed by atoms with Crippen molar-refractivity contribution >= 4 is 17.4 Å². The minimum Gasteiger partial charge on any atom is -0.505 e. The van der Waals surface area contributed by atoms with E-state index in [1.807, 2.05) is 0 Å². The Balaban J connectivity index is 1.92. The van der Waals surface area contributed by atoms with Crippen molar-refractivity contribution < 1.29 is 37.9 Å². The van der Waals surface area contributed by atoms with Crippen molar-refractivity contribution in [3.8, 4) is 28.7 Å².